The molecule has 0 radical (unpaired) electrons. The molecule has 0 saturated carbocycles. The molecule has 4 nitrogen and oxygen atoms in total. The minimum absolute atomic E-state index is 0.0928. The zero-order chi connectivity index (χ0) is 16.5. The van der Waals surface area contributed by atoms with Crippen molar-refractivity contribution in [2.24, 2.45) is 0 Å². The van der Waals surface area contributed by atoms with E-state index in [1.165, 1.54) is 18.2 Å². The number of anilines is 1. The lowest BCUT2D eigenvalue weighted by molar-refractivity contribution is 0.102. The van der Waals surface area contributed by atoms with E-state index in [2.05, 4.69) is 5.32 Å². The lowest BCUT2D eigenvalue weighted by Gasteiger charge is -2.09. The fraction of sp³-hybridized carbons (Fsp3) is 0.0714. The number of benzene rings is 2. The van der Waals surface area contributed by atoms with Gasteiger partial charge in [-0.25, -0.2) is 12.8 Å². The first-order chi connectivity index (χ1) is 10.2. The molecule has 0 aliphatic carbocycles. The van der Waals surface area contributed by atoms with Gasteiger partial charge in [-0.05, 0) is 36.4 Å². The highest BCUT2D eigenvalue weighted by atomic mass is 35.5. The van der Waals surface area contributed by atoms with E-state index in [9.17, 15) is 17.6 Å². The van der Waals surface area contributed by atoms with Crippen LogP contribution in [0.2, 0.25) is 10.0 Å². The summed E-state index contributed by atoms with van der Waals surface area (Å²) in [6, 6.07) is 7.36. The second kappa shape index (κ2) is 6.24. The van der Waals surface area contributed by atoms with Gasteiger partial charge in [0.1, 0.15) is 5.82 Å². The van der Waals surface area contributed by atoms with Crippen LogP contribution < -0.4 is 5.32 Å². The van der Waals surface area contributed by atoms with Crippen LogP contribution in [0.25, 0.3) is 0 Å². The van der Waals surface area contributed by atoms with Crippen LogP contribution in [0.15, 0.2) is 41.3 Å². The summed E-state index contributed by atoms with van der Waals surface area (Å²) in [5, 5.41) is 2.75. The van der Waals surface area contributed by atoms with E-state index in [1.807, 2.05) is 0 Å². The minimum Gasteiger partial charge on any atom is -0.319 e. The number of hydrogen-bond acceptors (Lipinski definition) is 3. The van der Waals surface area contributed by atoms with Crippen LogP contribution in [-0.2, 0) is 9.84 Å². The zero-order valence-electron chi connectivity index (χ0n) is 11.2. The molecule has 0 heterocycles. The molecule has 2 rings (SSSR count). The summed E-state index contributed by atoms with van der Waals surface area (Å²) in [7, 11) is -3.52. The highest BCUT2D eigenvalue weighted by molar-refractivity contribution is 7.90. The van der Waals surface area contributed by atoms with E-state index >= 15 is 0 Å². The maximum atomic E-state index is 13.7. The average molecular weight is 362 g/mol. The Morgan fingerprint density at radius 3 is 2.41 bits per heavy atom. The molecule has 1 amide bonds. The molecular formula is C14H10Cl2FNO3S. The second-order valence-corrected chi connectivity index (χ2v) is 7.35. The molecule has 0 bridgehead atoms. The van der Waals surface area contributed by atoms with Crippen molar-refractivity contribution in [2.45, 2.75) is 4.90 Å². The van der Waals surface area contributed by atoms with Gasteiger partial charge in [0.25, 0.3) is 5.91 Å². The van der Waals surface area contributed by atoms with Crippen LogP contribution in [0.1, 0.15) is 10.4 Å². The molecule has 0 spiro atoms. The predicted octanol–water partition coefficient (Wildman–Crippen LogP) is 3.79. The van der Waals surface area contributed by atoms with Crippen molar-refractivity contribution in [3.05, 3.63) is 57.8 Å². The van der Waals surface area contributed by atoms with Gasteiger partial charge in [-0.2, -0.15) is 0 Å². The Labute approximate surface area is 136 Å². The molecule has 0 aliphatic heterocycles. The van der Waals surface area contributed by atoms with Gasteiger partial charge >= 0.3 is 0 Å². The van der Waals surface area contributed by atoms with Crippen molar-refractivity contribution in [3.63, 3.8) is 0 Å². The van der Waals surface area contributed by atoms with Gasteiger partial charge < -0.3 is 5.32 Å². The highest BCUT2D eigenvalue weighted by Crippen LogP contribution is 2.24. The molecule has 2 aromatic carbocycles. The number of carbonyl (C=O) groups is 1. The van der Waals surface area contributed by atoms with Gasteiger partial charge in [0.05, 0.1) is 21.2 Å². The lowest BCUT2D eigenvalue weighted by atomic mass is 10.2. The summed E-state index contributed by atoms with van der Waals surface area (Å²) in [6.07, 6.45) is 0.988. The summed E-state index contributed by atoms with van der Waals surface area (Å²) >= 11 is 11.6. The van der Waals surface area contributed by atoms with E-state index in [0.29, 0.717) is 5.02 Å². The second-order valence-electron chi connectivity index (χ2n) is 4.49. The van der Waals surface area contributed by atoms with E-state index in [4.69, 9.17) is 23.2 Å². The molecule has 0 unspecified atom stereocenters. The first-order valence-corrected chi connectivity index (χ1v) is 8.59. The Kier molecular flexibility index (Phi) is 4.75. The van der Waals surface area contributed by atoms with Gasteiger partial charge in [0.2, 0.25) is 0 Å². The van der Waals surface area contributed by atoms with Gasteiger partial charge in [-0.15, -0.1) is 0 Å². The molecule has 8 heteroatoms. The number of carbonyl (C=O) groups excluding carboxylic acids is 1. The average Bonchev–Trinajstić information content (AvgIpc) is 2.39. The van der Waals surface area contributed by atoms with Crippen molar-refractivity contribution in [3.8, 4) is 0 Å². The smallest absolute Gasteiger partial charge is 0.257 e. The maximum Gasteiger partial charge on any atom is 0.257 e. The minimum atomic E-state index is -3.52. The summed E-state index contributed by atoms with van der Waals surface area (Å²) in [5.74, 6) is -1.43. The Balaban J connectivity index is 2.36. The highest BCUT2D eigenvalue weighted by Gasteiger charge is 2.16. The summed E-state index contributed by atoms with van der Waals surface area (Å²) in [5.41, 5.74) is -0.158. The monoisotopic (exact) mass is 361 g/mol. The Bertz CT molecular complexity index is 853. The predicted molar refractivity (Wildman–Crippen MR) is 83.9 cm³/mol. The van der Waals surface area contributed by atoms with Gasteiger partial charge in [0.15, 0.2) is 9.84 Å². The zero-order valence-corrected chi connectivity index (χ0v) is 13.6. The summed E-state index contributed by atoms with van der Waals surface area (Å²) in [6.45, 7) is 0. The molecule has 2 aromatic rings. The molecule has 0 aromatic heterocycles. The molecule has 1 N–H and O–H groups in total. The standard InChI is InChI=1S/C14H10Cl2FNO3S/c1-22(20,21)9-3-5-12(17)13(7-9)18-14(19)10-4-2-8(15)6-11(10)16/h2-7H,1H3,(H,18,19). The number of amides is 1. The fourth-order valence-corrected chi connectivity index (χ4v) is 2.84. The number of hydrogen-bond donors (Lipinski definition) is 1. The molecule has 0 fully saturated rings. The SMILES string of the molecule is CS(=O)(=O)c1ccc(F)c(NC(=O)c2ccc(Cl)cc2Cl)c1. The first-order valence-electron chi connectivity index (χ1n) is 5.94. The van der Waals surface area contributed by atoms with Crippen LogP contribution in [0.4, 0.5) is 10.1 Å². The van der Waals surface area contributed by atoms with Gasteiger partial charge in [-0.1, -0.05) is 23.2 Å². The lowest BCUT2D eigenvalue weighted by Crippen LogP contribution is -2.14. The number of sulfone groups is 1. The summed E-state index contributed by atoms with van der Waals surface area (Å²) < 4.78 is 36.7. The van der Waals surface area contributed by atoms with Crippen molar-refractivity contribution in [2.75, 3.05) is 11.6 Å². The van der Waals surface area contributed by atoms with Crippen LogP contribution in [0.5, 0.6) is 0 Å². The van der Waals surface area contributed by atoms with Crippen molar-refractivity contribution < 1.29 is 17.6 Å². The quantitative estimate of drug-likeness (QED) is 0.845. The summed E-state index contributed by atoms with van der Waals surface area (Å²) in [4.78, 5) is 12.0. The van der Waals surface area contributed by atoms with Gasteiger partial charge in [-0.3, -0.25) is 4.79 Å². The van der Waals surface area contributed by atoms with Crippen molar-refractivity contribution in [1.29, 1.82) is 0 Å². The Hall–Kier alpha value is -1.63. The molecule has 116 valence electrons. The van der Waals surface area contributed by atoms with E-state index < -0.39 is 21.6 Å². The molecule has 0 aliphatic rings. The first kappa shape index (κ1) is 16.7. The Morgan fingerprint density at radius 1 is 1.14 bits per heavy atom. The largest absolute Gasteiger partial charge is 0.319 e. The molecular weight excluding hydrogens is 352 g/mol. The fourth-order valence-electron chi connectivity index (χ4n) is 1.69. The Morgan fingerprint density at radius 2 is 1.82 bits per heavy atom. The third-order valence-corrected chi connectivity index (χ3v) is 4.45. The van der Waals surface area contributed by atoms with Crippen LogP contribution in [0.3, 0.4) is 0 Å². The topological polar surface area (TPSA) is 63.2 Å². The third kappa shape index (κ3) is 3.76. The van der Waals surface area contributed by atoms with Crippen LogP contribution in [0, 0.1) is 5.82 Å². The van der Waals surface area contributed by atoms with Gasteiger partial charge in [0, 0.05) is 11.3 Å². The van der Waals surface area contributed by atoms with E-state index in [0.717, 1.165) is 24.5 Å². The van der Waals surface area contributed by atoms with Crippen LogP contribution in [-0.4, -0.2) is 20.6 Å². The molecule has 0 saturated heterocycles. The maximum absolute atomic E-state index is 13.7. The van der Waals surface area contributed by atoms with Crippen molar-refractivity contribution >= 4 is 44.6 Å². The van der Waals surface area contributed by atoms with Crippen molar-refractivity contribution in [1.82, 2.24) is 0 Å². The van der Waals surface area contributed by atoms with Crippen LogP contribution >= 0.6 is 23.2 Å². The number of nitrogens with one attached hydrogen (secondary N) is 1. The third-order valence-electron chi connectivity index (χ3n) is 2.79. The van der Waals surface area contributed by atoms with E-state index in [-0.39, 0.29) is 21.2 Å². The molecule has 0 atom stereocenters. The normalized spacial score (nSPS) is 11.3. The number of rotatable bonds is 3. The molecule has 22 heavy (non-hydrogen) atoms. The van der Waals surface area contributed by atoms with E-state index in [1.54, 1.807) is 0 Å². The number of halogens is 3.